The van der Waals surface area contributed by atoms with Gasteiger partial charge in [0.15, 0.2) is 0 Å². The molecule has 0 fully saturated rings. The van der Waals surface area contributed by atoms with E-state index in [1.165, 1.54) is 11.1 Å². The first kappa shape index (κ1) is 17.1. The number of carbonyl (C=O) groups excluding carboxylic acids is 1. The fourth-order valence-corrected chi connectivity index (χ4v) is 3.26. The van der Waals surface area contributed by atoms with Gasteiger partial charge >= 0.3 is 0 Å². The van der Waals surface area contributed by atoms with Gasteiger partial charge in [-0.25, -0.2) is 0 Å². The van der Waals surface area contributed by atoms with Crippen LogP contribution in [0.15, 0.2) is 36.9 Å². The smallest absolute Gasteiger partial charge is 0.258 e. The van der Waals surface area contributed by atoms with Gasteiger partial charge in [0, 0.05) is 19.2 Å². The van der Waals surface area contributed by atoms with E-state index in [1.54, 1.807) is 20.3 Å². The van der Waals surface area contributed by atoms with Crippen molar-refractivity contribution in [2.75, 3.05) is 14.2 Å². The van der Waals surface area contributed by atoms with Crippen LogP contribution in [0, 0.1) is 0 Å². The van der Waals surface area contributed by atoms with Gasteiger partial charge in [-0.15, -0.1) is 0 Å². The highest BCUT2D eigenvalue weighted by Gasteiger charge is 2.27. The summed E-state index contributed by atoms with van der Waals surface area (Å²) in [5.74, 6) is 1.27. The second-order valence-corrected chi connectivity index (χ2v) is 6.11. The first-order valence-corrected chi connectivity index (χ1v) is 8.39. The molecule has 2 aromatic carbocycles. The molecule has 0 radical (unpaired) electrons. The molecule has 2 aromatic rings. The third-order valence-electron chi connectivity index (χ3n) is 4.69. The summed E-state index contributed by atoms with van der Waals surface area (Å²) in [6.07, 6.45) is 2.61. The Bertz CT molecular complexity index is 826. The Balaban J connectivity index is 1.92. The SMILES string of the molecule is C=Cc1ccc2c(c1)CN(C(=O)c1cc(CC)c(OC)cc1OC)C2. The number of hydrogen-bond donors (Lipinski definition) is 0. The van der Waals surface area contributed by atoms with Crippen LogP contribution in [0.2, 0.25) is 0 Å². The lowest BCUT2D eigenvalue weighted by atomic mass is 10.0. The molecule has 0 spiro atoms. The average Bonchev–Trinajstić information content (AvgIpc) is 3.09. The van der Waals surface area contributed by atoms with Gasteiger partial charge in [-0.1, -0.05) is 31.7 Å². The predicted octanol–water partition coefficient (Wildman–Crippen LogP) is 4.07. The number of benzene rings is 2. The molecule has 0 atom stereocenters. The molecular formula is C21H23NO3. The van der Waals surface area contributed by atoms with Gasteiger partial charge in [0.2, 0.25) is 0 Å². The van der Waals surface area contributed by atoms with Crippen molar-refractivity contribution in [1.82, 2.24) is 4.90 Å². The van der Waals surface area contributed by atoms with Crippen molar-refractivity contribution in [2.24, 2.45) is 0 Å². The Morgan fingerprint density at radius 2 is 1.84 bits per heavy atom. The lowest BCUT2D eigenvalue weighted by Gasteiger charge is -2.19. The Morgan fingerprint density at radius 3 is 2.48 bits per heavy atom. The third kappa shape index (κ3) is 3.12. The van der Waals surface area contributed by atoms with E-state index in [9.17, 15) is 4.79 Å². The highest BCUT2D eigenvalue weighted by atomic mass is 16.5. The van der Waals surface area contributed by atoms with E-state index in [2.05, 4.69) is 18.7 Å². The molecular weight excluding hydrogens is 314 g/mol. The second kappa shape index (κ2) is 7.01. The van der Waals surface area contributed by atoms with Crippen LogP contribution < -0.4 is 9.47 Å². The van der Waals surface area contributed by atoms with Gasteiger partial charge in [-0.3, -0.25) is 4.79 Å². The van der Waals surface area contributed by atoms with E-state index in [1.807, 2.05) is 30.0 Å². The zero-order valence-corrected chi connectivity index (χ0v) is 15.0. The van der Waals surface area contributed by atoms with Crippen LogP contribution in [0.3, 0.4) is 0 Å². The van der Waals surface area contributed by atoms with E-state index in [0.29, 0.717) is 24.4 Å². The molecule has 1 aliphatic heterocycles. The van der Waals surface area contributed by atoms with E-state index in [4.69, 9.17) is 9.47 Å². The molecule has 4 heteroatoms. The lowest BCUT2D eigenvalue weighted by molar-refractivity contribution is 0.0748. The van der Waals surface area contributed by atoms with E-state index < -0.39 is 0 Å². The van der Waals surface area contributed by atoms with Crippen LogP contribution in [-0.2, 0) is 19.5 Å². The topological polar surface area (TPSA) is 38.8 Å². The Hall–Kier alpha value is -2.75. The van der Waals surface area contributed by atoms with Crippen molar-refractivity contribution in [3.8, 4) is 11.5 Å². The maximum absolute atomic E-state index is 13.1. The van der Waals surface area contributed by atoms with Crippen molar-refractivity contribution in [2.45, 2.75) is 26.4 Å². The van der Waals surface area contributed by atoms with Crippen LogP contribution in [0.25, 0.3) is 6.08 Å². The van der Waals surface area contributed by atoms with E-state index in [0.717, 1.165) is 23.3 Å². The minimum atomic E-state index is -0.0226. The number of hydrogen-bond acceptors (Lipinski definition) is 3. The molecule has 0 aromatic heterocycles. The minimum Gasteiger partial charge on any atom is -0.496 e. The summed E-state index contributed by atoms with van der Waals surface area (Å²) in [5.41, 5.74) is 5.01. The summed E-state index contributed by atoms with van der Waals surface area (Å²) >= 11 is 0. The number of rotatable bonds is 5. The van der Waals surface area contributed by atoms with Gasteiger partial charge in [-0.05, 0) is 40.8 Å². The Kier molecular flexibility index (Phi) is 4.79. The lowest BCUT2D eigenvalue weighted by Crippen LogP contribution is -2.26. The minimum absolute atomic E-state index is 0.0226. The Labute approximate surface area is 148 Å². The highest BCUT2D eigenvalue weighted by Crippen LogP contribution is 2.33. The highest BCUT2D eigenvalue weighted by molar-refractivity contribution is 5.97. The number of amides is 1. The fraction of sp³-hybridized carbons (Fsp3) is 0.286. The number of aryl methyl sites for hydroxylation is 1. The quantitative estimate of drug-likeness (QED) is 0.826. The van der Waals surface area contributed by atoms with Crippen molar-refractivity contribution < 1.29 is 14.3 Å². The third-order valence-corrected chi connectivity index (χ3v) is 4.69. The summed E-state index contributed by atoms with van der Waals surface area (Å²) in [6.45, 7) is 7.07. The summed E-state index contributed by atoms with van der Waals surface area (Å²) in [6, 6.07) is 9.88. The van der Waals surface area contributed by atoms with Crippen LogP contribution in [0.1, 0.15) is 39.5 Å². The molecule has 0 N–H and O–H groups in total. The van der Waals surface area contributed by atoms with Gasteiger partial charge in [-0.2, -0.15) is 0 Å². The average molecular weight is 337 g/mol. The van der Waals surface area contributed by atoms with Crippen molar-refractivity contribution in [3.63, 3.8) is 0 Å². The number of methoxy groups -OCH3 is 2. The standard InChI is InChI=1S/C21H23NO3/c1-5-14-7-8-16-12-22(13-17(16)9-14)21(23)18-10-15(6-2)19(24-3)11-20(18)25-4/h5,7-11H,1,6,12-13H2,2-4H3. The zero-order chi connectivity index (χ0) is 18.0. The second-order valence-electron chi connectivity index (χ2n) is 6.11. The summed E-state index contributed by atoms with van der Waals surface area (Å²) in [5, 5.41) is 0. The molecule has 4 nitrogen and oxygen atoms in total. The molecule has 1 aliphatic rings. The molecule has 25 heavy (non-hydrogen) atoms. The van der Waals surface area contributed by atoms with Crippen molar-refractivity contribution in [1.29, 1.82) is 0 Å². The van der Waals surface area contributed by atoms with Gasteiger partial charge in [0.25, 0.3) is 5.91 Å². The van der Waals surface area contributed by atoms with Crippen LogP contribution in [0.4, 0.5) is 0 Å². The summed E-state index contributed by atoms with van der Waals surface area (Å²) < 4.78 is 10.8. The molecule has 130 valence electrons. The molecule has 0 saturated carbocycles. The van der Waals surface area contributed by atoms with Crippen molar-refractivity contribution >= 4 is 12.0 Å². The molecule has 0 saturated heterocycles. The molecule has 0 unspecified atom stereocenters. The van der Waals surface area contributed by atoms with Gasteiger partial charge in [0.05, 0.1) is 19.8 Å². The van der Waals surface area contributed by atoms with E-state index in [-0.39, 0.29) is 5.91 Å². The number of carbonyl (C=O) groups is 1. The van der Waals surface area contributed by atoms with Crippen LogP contribution in [-0.4, -0.2) is 25.0 Å². The maximum Gasteiger partial charge on any atom is 0.258 e. The van der Waals surface area contributed by atoms with Gasteiger partial charge < -0.3 is 14.4 Å². The number of nitrogens with zero attached hydrogens (tertiary/aromatic N) is 1. The van der Waals surface area contributed by atoms with Gasteiger partial charge in [0.1, 0.15) is 11.5 Å². The zero-order valence-electron chi connectivity index (χ0n) is 15.0. The van der Waals surface area contributed by atoms with Crippen molar-refractivity contribution in [3.05, 3.63) is 64.7 Å². The monoisotopic (exact) mass is 337 g/mol. The van der Waals surface area contributed by atoms with Crippen LogP contribution in [0.5, 0.6) is 11.5 Å². The van der Waals surface area contributed by atoms with E-state index >= 15 is 0 Å². The van der Waals surface area contributed by atoms with Crippen LogP contribution >= 0.6 is 0 Å². The maximum atomic E-state index is 13.1. The largest absolute Gasteiger partial charge is 0.496 e. The molecule has 1 amide bonds. The first-order chi connectivity index (χ1) is 12.1. The molecule has 0 bridgehead atoms. The Morgan fingerprint density at radius 1 is 1.12 bits per heavy atom. The molecule has 3 rings (SSSR count). The summed E-state index contributed by atoms with van der Waals surface area (Å²) in [4.78, 5) is 15.0. The molecule has 0 aliphatic carbocycles. The predicted molar refractivity (Wildman–Crippen MR) is 99.0 cm³/mol. The number of ether oxygens (including phenoxy) is 2. The number of fused-ring (bicyclic) bond motifs is 1. The first-order valence-electron chi connectivity index (χ1n) is 8.39. The normalized spacial score (nSPS) is 12.7. The fourth-order valence-electron chi connectivity index (χ4n) is 3.26. The summed E-state index contributed by atoms with van der Waals surface area (Å²) in [7, 11) is 3.20. The molecule has 1 heterocycles.